The number of hydrogen-bond acceptors (Lipinski definition) is 5. The van der Waals surface area contributed by atoms with Crippen molar-refractivity contribution in [2.75, 3.05) is 31.1 Å². The summed E-state index contributed by atoms with van der Waals surface area (Å²) in [6.45, 7) is 6.03. The van der Waals surface area contributed by atoms with Gasteiger partial charge in [0.05, 0.1) is 0 Å². The Hall–Kier alpha value is -1.40. The lowest BCUT2D eigenvalue weighted by molar-refractivity contribution is 0.570. The molecule has 0 amide bonds. The van der Waals surface area contributed by atoms with E-state index in [1.54, 1.807) is 17.0 Å². The van der Waals surface area contributed by atoms with Crippen molar-refractivity contribution in [1.29, 1.82) is 0 Å². The van der Waals surface area contributed by atoms with Gasteiger partial charge in [-0.3, -0.25) is 4.79 Å². The van der Waals surface area contributed by atoms with E-state index in [9.17, 15) is 4.79 Å². The molecule has 1 heterocycles. The first-order valence-electron chi connectivity index (χ1n) is 5.84. The average molecular weight is 239 g/mol. The Morgan fingerprint density at radius 3 is 2.41 bits per heavy atom. The maximum absolute atomic E-state index is 12.2. The fraction of sp³-hybridized carbons (Fsp3) is 0.636. The van der Waals surface area contributed by atoms with Gasteiger partial charge in [0.25, 0.3) is 5.56 Å². The zero-order valence-corrected chi connectivity index (χ0v) is 10.5. The monoisotopic (exact) mass is 239 g/mol. The summed E-state index contributed by atoms with van der Waals surface area (Å²) in [6.07, 6.45) is 3.33. The van der Waals surface area contributed by atoms with E-state index in [4.69, 9.17) is 11.5 Å². The fourth-order valence-corrected chi connectivity index (χ4v) is 1.67. The third kappa shape index (κ3) is 3.28. The summed E-state index contributed by atoms with van der Waals surface area (Å²) >= 11 is 0. The molecular formula is C11H21N5O. The van der Waals surface area contributed by atoms with E-state index in [2.05, 4.69) is 4.98 Å². The molecule has 1 rings (SSSR count). The maximum Gasteiger partial charge on any atom is 0.293 e. The van der Waals surface area contributed by atoms with Crippen LogP contribution < -0.4 is 21.9 Å². The predicted octanol–water partition coefficient (Wildman–Crippen LogP) is -0.452. The second kappa shape index (κ2) is 6.36. The standard InChI is InChI=1S/C11H21N5O/c1-9(2)16-8-5-14-10(11(16)17)15(6-3-12)7-4-13/h5,8-9H,3-4,6-7,12-13H2,1-2H3. The van der Waals surface area contributed by atoms with Gasteiger partial charge in [-0.2, -0.15) is 0 Å². The molecule has 17 heavy (non-hydrogen) atoms. The smallest absolute Gasteiger partial charge is 0.293 e. The fourth-order valence-electron chi connectivity index (χ4n) is 1.67. The van der Waals surface area contributed by atoms with Gasteiger partial charge in [0, 0.05) is 44.6 Å². The number of nitrogens with zero attached hydrogens (tertiary/aromatic N) is 3. The van der Waals surface area contributed by atoms with Gasteiger partial charge in [0.2, 0.25) is 0 Å². The van der Waals surface area contributed by atoms with Crippen LogP contribution in [0.4, 0.5) is 5.82 Å². The van der Waals surface area contributed by atoms with Crippen LogP contribution in [0.3, 0.4) is 0 Å². The molecule has 0 aromatic carbocycles. The van der Waals surface area contributed by atoms with E-state index in [1.807, 2.05) is 18.7 Å². The Morgan fingerprint density at radius 2 is 1.94 bits per heavy atom. The number of rotatable bonds is 6. The number of anilines is 1. The molecule has 0 bridgehead atoms. The molecule has 1 aromatic heterocycles. The summed E-state index contributed by atoms with van der Waals surface area (Å²) < 4.78 is 1.66. The van der Waals surface area contributed by atoms with Crippen LogP contribution in [0.25, 0.3) is 0 Å². The molecule has 0 saturated heterocycles. The average Bonchev–Trinajstić information content (AvgIpc) is 2.29. The molecule has 0 atom stereocenters. The van der Waals surface area contributed by atoms with Crippen molar-refractivity contribution in [1.82, 2.24) is 9.55 Å². The summed E-state index contributed by atoms with van der Waals surface area (Å²) in [5.74, 6) is 0.428. The van der Waals surface area contributed by atoms with Gasteiger partial charge in [-0.1, -0.05) is 0 Å². The molecule has 6 nitrogen and oxygen atoms in total. The molecule has 96 valence electrons. The van der Waals surface area contributed by atoms with Crippen LogP contribution >= 0.6 is 0 Å². The molecule has 0 aliphatic heterocycles. The third-order valence-corrected chi connectivity index (χ3v) is 2.50. The molecule has 0 radical (unpaired) electrons. The molecule has 0 aliphatic carbocycles. The van der Waals surface area contributed by atoms with Crippen LogP contribution in [0.5, 0.6) is 0 Å². The highest BCUT2D eigenvalue weighted by atomic mass is 16.1. The van der Waals surface area contributed by atoms with E-state index in [1.165, 1.54) is 0 Å². The molecule has 0 spiro atoms. The number of nitrogens with two attached hydrogens (primary N) is 2. The molecular weight excluding hydrogens is 218 g/mol. The normalized spacial score (nSPS) is 10.9. The second-order valence-corrected chi connectivity index (χ2v) is 4.12. The largest absolute Gasteiger partial charge is 0.349 e. The van der Waals surface area contributed by atoms with Crippen LogP contribution in [-0.4, -0.2) is 35.7 Å². The minimum atomic E-state index is -0.0931. The molecule has 1 aromatic rings. The Balaban J connectivity index is 3.10. The van der Waals surface area contributed by atoms with Gasteiger partial charge in [-0.25, -0.2) is 4.98 Å². The third-order valence-electron chi connectivity index (χ3n) is 2.50. The Bertz CT molecular complexity index is 395. The van der Waals surface area contributed by atoms with Crippen molar-refractivity contribution in [2.45, 2.75) is 19.9 Å². The second-order valence-electron chi connectivity index (χ2n) is 4.12. The van der Waals surface area contributed by atoms with Crippen molar-refractivity contribution < 1.29 is 0 Å². The lowest BCUT2D eigenvalue weighted by atomic mass is 10.3. The van der Waals surface area contributed by atoms with Crippen LogP contribution in [0, 0.1) is 0 Å². The van der Waals surface area contributed by atoms with Crippen molar-refractivity contribution in [2.24, 2.45) is 11.5 Å². The molecule has 0 unspecified atom stereocenters. The van der Waals surface area contributed by atoms with Crippen molar-refractivity contribution >= 4 is 5.82 Å². The quantitative estimate of drug-likeness (QED) is 0.701. The lowest BCUT2D eigenvalue weighted by Crippen LogP contribution is -2.39. The van der Waals surface area contributed by atoms with Gasteiger partial charge in [0.15, 0.2) is 5.82 Å². The minimum Gasteiger partial charge on any atom is -0.349 e. The topological polar surface area (TPSA) is 90.2 Å². The summed E-state index contributed by atoms with van der Waals surface area (Å²) in [4.78, 5) is 18.2. The highest BCUT2D eigenvalue weighted by Crippen LogP contribution is 2.05. The van der Waals surface area contributed by atoms with Gasteiger partial charge in [-0.15, -0.1) is 0 Å². The van der Waals surface area contributed by atoms with Gasteiger partial charge in [0.1, 0.15) is 0 Å². The van der Waals surface area contributed by atoms with Crippen molar-refractivity contribution in [3.63, 3.8) is 0 Å². The summed E-state index contributed by atoms with van der Waals surface area (Å²) in [5, 5.41) is 0. The van der Waals surface area contributed by atoms with E-state index in [0.717, 1.165) is 0 Å². The highest BCUT2D eigenvalue weighted by molar-refractivity contribution is 5.35. The molecule has 0 fully saturated rings. The SMILES string of the molecule is CC(C)n1ccnc(N(CCN)CCN)c1=O. The zero-order chi connectivity index (χ0) is 12.8. The van der Waals surface area contributed by atoms with Crippen molar-refractivity contribution in [3.8, 4) is 0 Å². The van der Waals surface area contributed by atoms with Crippen LogP contribution in [-0.2, 0) is 0 Å². The van der Waals surface area contributed by atoms with Gasteiger partial charge < -0.3 is 20.9 Å². The van der Waals surface area contributed by atoms with Crippen LogP contribution in [0.2, 0.25) is 0 Å². The Morgan fingerprint density at radius 1 is 1.35 bits per heavy atom. The first kappa shape index (κ1) is 13.7. The number of hydrogen-bond donors (Lipinski definition) is 2. The highest BCUT2D eigenvalue weighted by Gasteiger charge is 2.13. The van der Waals surface area contributed by atoms with E-state index < -0.39 is 0 Å². The van der Waals surface area contributed by atoms with Crippen LogP contribution in [0.15, 0.2) is 17.2 Å². The maximum atomic E-state index is 12.2. The van der Waals surface area contributed by atoms with Gasteiger partial charge in [-0.05, 0) is 13.8 Å². The Labute approximate surface area is 101 Å². The minimum absolute atomic E-state index is 0.0931. The predicted molar refractivity (Wildman–Crippen MR) is 69.2 cm³/mol. The molecule has 0 saturated carbocycles. The van der Waals surface area contributed by atoms with E-state index >= 15 is 0 Å². The molecule has 6 heteroatoms. The van der Waals surface area contributed by atoms with Crippen molar-refractivity contribution in [3.05, 3.63) is 22.7 Å². The van der Waals surface area contributed by atoms with E-state index in [-0.39, 0.29) is 11.6 Å². The van der Waals surface area contributed by atoms with Crippen LogP contribution in [0.1, 0.15) is 19.9 Å². The first-order valence-corrected chi connectivity index (χ1v) is 5.84. The van der Waals surface area contributed by atoms with Gasteiger partial charge >= 0.3 is 0 Å². The number of aromatic nitrogens is 2. The Kier molecular flexibility index (Phi) is 5.11. The summed E-state index contributed by atoms with van der Waals surface area (Å²) in [7, 11) is 0. The zero-order valence-electron chi connectivity index (χ0n) is 10.5. The molecule has 0 aliphatic rings. The molecule has 4 N–H and O–H groups in total. The summed E-state index contributed by atoms with van der Waals surface area (Å²) in [5.41, 5.74) is 11.0. The van der Waals surface area contributed by atoms with E-state index in [0.29, 0.717) is 32.0 Å². The summed E-state index contributed by atoms with van der Waals surface area (Å²) in [6, 6.07) is 0.113. The first-order chi connectivity index (χ1) is 8.11. The lowest BCUT2D eigenvalue weighted by Gasteiger charge is -2.22.